The summed E-state index contributed by atoms with van der Waals surface area (Å²) in [6.45, 7) is 17.6. The summed E-state index contributed by atoms with van der Waals surface area (Å²) >= 11 is 0. The van der Waals surface area contributed by atoms with Gasteiger partial charge in [0.2, 0.25) is 0 Å². The van der Waals surface area contributed by atoms with Gasteiger partial charge in [0.1, 0.15) is 0 Å². The second-order valence-electron chi connectivity index (χ2n) is 5.88. The molecule has 0 saturated carbocycles. The molecule has 0 heterocycles. The second kappa shape index (κ2) is 12.2. The lowest BCUT2D eigenvalue weighted by Crippen LogP contribution is -1.97. The molecule has 1 rings (SSSR count). The Morgan fingerprint density at radius 2 is 1.41 bits per heavy atom. The van der Waals surface area contributed by atoms with Crippen LogP contribution >= 0.6 is 0 Å². The highest BCUT2D eigenvalue weighted by Crippen LogP contribution is 2.23. The van der Waals surface area contributed by atoms with Crippen molar-refractivity contribution in [3.05, 3.63) is 12.2 Å². The average Bonchev–Trinajstić information content (AvgIpc) is 2.73. The van der Waals surface area contributed by atoms with Crippen LogP contribution in [-0.4, -0.2) is 0 Å². The molecular formula is C17H36. The van der Waals surface area contributed by atoms with Crippen LogP contribution in [0, 0.1) is 23.7 Å². The van der Waals surface area contributed by atoms with Crippen LogP contribution < -0.4 is 0 Å². The molecule has 0 heteroatoms. The summed E-state index contributed by atoms with van der Waals surface area (Å²) in [6, 6.07) is 0. The Bertz CT molecular complexity index is 157. The number of rotatable bonds is 3. The van der Waals surface area contributed by atoms with E-state index in [9.17, 15) is 0 Å². The van der Waals surface area contributed by atoms with E-state index in [0.717, 1.165) is 23.7 Å². The van der Waals surface area contributed by atoms with E-state index in [1.807, 2.05) is 13.8 Å². The monoisotopic (exact) mass is 240 g/mol. The van der Waals surface area contributed by atoms with Crippen molar-refractivity contribution in [1.82, 2.24) is 0 Å². The van der Waals surface area contributed by atoms with E-state index in [1.54, 1.807) is 0 Å². The van der Waals surface area contributed by atoms with Crippen LogP contribution in [-0.2, 0) is 0 Å². The van der Waals surface area contributed by atoms with Crippen LogP contribution in [0.15, 0.2) is 12.2 Å². The minimum atomic E-state index is 0.852. The molecule has 0 aliphatic heterocycles. The van der Waals surface area contributed by atoms with Gasteiger partial charge in [-0.25, -0.2) is 0 Å². The van der Waals surface area contributed by atoms with E-state index in [-0.39, 0.29) is 0 Å². The fourth-order valence-electron chi connectivity index (χ4n) is 1.50. The van der Waals surface area contributed by atoms with Crippen LogP contribution in [0.25, 0.3) is 0 Å². The Hall–Kier alpha value is -0.260. The Kier molecular flexibility index (Phi) is 13.7. The third kappa shape index (κ3) is 13.7. The quantitative estimate of drug-likeness (QED) is 0.506. The first kappa shape index (κ1) is 19.1. The molecule has 17 heavy (non-hydrogen) atoms. The summed E-state index contributed by atoms with van der Waals surface area (Å²) in [6.07, 6.45) is 8.79. The van der Waals surface area contributed by atoms with E-state index in [0.29, 0.717) is 0 Å². The Labute approximate surface area is 111 Å². The van der Waals surface area contributed by atoms with Gasteiger partial charge in [0.25, 0.3) is 0 Å². The maximum atomic E-state index is 2.38. The molecule has 0 fully saturated rings. The van der Waals surface area contributed by atoms with Crippen molar-refractivity contribution in [2.45, 2.75) is 74.7 Å². The molecule has 1 unspecified atom stereocenters. The molecule has 0 aromatic rings. The van der Waals surface area contributed by atoms with Gasteiger partial charge in [-0.3, -0.25) is 0 Å². The van der Waals surface area contributed by atoms with E-state index in [1.165, 1.54) is 19.3 Å². The molecule has 1 atom stereocenters. The molecular weight excluding hydrogens is 204 g/mol. The van der Waals surface area contributed by atoms with E-state index in [2.05, 4.69) is 53.7 Å². The van der Waals surface area contributed by atoms with Gasteiger partial charge in [0, 0.05) is 0 Å². The highest BCUT2D eigenvalue weighted by Gasteiger charge is 2.09. The molecule has 0 N–H and O–H groups in total. The summed E-state index contributed by atoms with van der Waals surface area (Å²) in [5, 5.41) is 0. The molecule has 0 aromatic heterocycles. The molecule has 0 amide bonds. The van der Waals surface area contributed by atoms with Crippen molar-refractivity contribution in [3.63, 3.8) is 0 Å². The number of hydrogen-bond acceptors (Lipinski definition) is 0. The van der Waals surface area contributed by atoms with Crippen LogP contribution in [0.4, 0.5) is 0 Å². The number of allylic oxidation sites excluding steroid dienone is 2. The lowest BCUT2D eigenvalue weighted by atomic mass is 9.97. The third-order valence-corrected chi connectivity index (χ3v) is 3.22. The third-order valence-electron chi connectivity index (χ3n) is 3.22. The smallest absolute Gasteiger partial charge is 0.0228 e. The first-order chi connectivity index (χ1) is 7.93. The van der Waals surface area contributed by atoms with Crippen molar-refractivity contribution < 1.29 is 0 Å². The largest absolute Gasteiger partial charge is 0.0882 e. The van der Waals surface area contributed by atoms with Gasteiger partial charge >= 0.3 is 0 Å². The Morgan fingerprint density at radius 1 is 0.941 bits per heavy atom. The minimum Gasteiger partial charge on any atom is -0.0882 e. The van der Waals surface area contributed by atoms with Crippen LogP contribution in [0.5, 0.6) is 0 Å². The molecule has 1 aliphatic carbocycles. The van der Waals surface area contributed by atoms with Crippen molar-refractivity contribution in [2.75, 3.05) is 0 Å². The second-order valence-corrected chi connectivity index (χ2v) is 5.88. The van der Waals surface area contributed by atoms with E-state index < -0.39 is 0 Å². The van der Waals surface area contributed by atoms with E-state index in [4.69, 9.17) is 0 Å². The van der Waals surface area contributed by atoms with Gasteiger partial charge in [-0.2, -0.15) is 0 Å². The van der Waals surface area contributed by atoms with Gasteiger partial charge in [0.05, 0.1) is 0 Å². The lowest BCUT2D eigenvalue weighted by molar-refractivity contribution is 0.457. The zero-order chi connectivity index (χ0) is 13.8. The highest BCUT2D eigenvalue weighted by molar-refractivity contribution is 4.96. The predicted molar refractivity (Wildman–Crippen MR) is 82.3 cm³/mol. The van der Waals surface area contributed by atoms with Crippen molar-refractivity contribution in [3.8, 4) is 0 Å². The van der Waals surface area contributed by atoms with Crippen LogP contribution in [0.3, 0.4) is 0 Å². The molecule has 0 nitrogen and oxygen atoms in total. The first-order valence-corrected chi connectivity index (χ1v) is 7.60. The van der Waals surface area contributed by atoms with Crippen molar-refractivity contribution in [2.24, 2.45) is 23.7 Å². The van der Waals surface area contributed by atoms with Crippen LogP contribution in [0.1, 0.15) is 74.7 Å². The molecule has 0 saturated heterocycles. The average molecular weight is 240 g/mol. The molecule has 104 valence electrons. The fraction of sp³-hybridized carbons (Fsp3) is 0.882. The molecule has 0 spiro atoms. The van der Waals surface area contributed by atoms with E-state index >= 15 is 0 Å². The standard InChI is InChI=1S/C9H16.C6H14.C2H6/c1-8(2)7-9-5-3-4-6-9;1-5(2)6(3)4;1-2/h3,5,8-9H,4,6-7H2,1-2H3;5-6H,1-4H3;1-2H3. The molecule has 0 radical (unpaired) electrons. The minimum absolute atomic E-state index is 0.852. The zero-order valence-corrected chi connectivity index (χ0v) is 13.6. The van der Waals surface area contributed by atoms with Crippen molar-refractivity contribution >= 4 is 0 Å². The summed E-state index contributed by atoms with van der Waals surface area (Å²) in [7, 11) is 0. The molecule has 0 bridgehead atoms. The summed E-state index contributed by atoms with van der Waals surface area (Å²) < 4.78 is 0. The Morgan fingerprint density at radius 3 is 1.65 bits per heavy atom. The SMILES string of the molecule is CC.CC(C)C(C)C.CC(C)CC1C=CCC1. The van der Waals surface area contributed by atoms with Crippen LogP contribution in [0.2, 0.25) is 0 Å². The zero-order valence-electron chi connectivity index (χ0n) is 13.6. The van der Waals surface area contributed by atoms with Gasteiger partial charge < -0.3 is 0 Å². The van der Waals surface area contributed by atoms with Crippen molar-refractivity contribution in [1.29, 1.82) is 0 Å². The van der Waals surface area contributed by atoms with Gasteiger partial charge in [-0.1, -0.05) is 67.5 Å². The molecule has 0 aromatic carbocycles. The van der Waals surface area contributed by atoms with Gasteiger partial charge in [-0.05, 0) is 42.9 Å². The van der Waals surface area contributed by atoms with Gasteiger partial charge in [-0.15, -0.1) is 0 Å². The topological polar surface area (TPSA) is 0 Å². The summed E-state index contributed by atoms with van der Waals surface area (Å²) in [5.41, 5.74) is 0. The fourth-order valence-corrected chi connectivity index (χ4v) is 1.50. The number of hydrogen-bond donors (Lipinski definition) is 0. The lowest BCUT2D eigenvalue weighted by Gasteiger charge is -2.08. The Balaban J connectivity index is 0. The maximum Gasteiger partial charge on any atom is -0.0228 e. The normalized spacial score (nSPS) is 17.9. The summed E-state index contributed by atoms with van der Waals surface area (Å²) in [4.78, 5) is 0. The molecule has 1 aliphatic rings. The van der Waals surface area contributed by atoms with Gasteiger partial charge in [0.15, 0.2) is 0 Å². The predicted octanol–water partition coefficient (Wildman–Crippen LogP) is 6.32. The first-order valence-electron chi connectivity index (χ1n) is 7.60. The summed E-state index contributed by atoms with van der Waals surface area (Å²) in [5.74, 6) is 3.48. The highest BCUT2D eigenvalue weighted by atomic mass is 14.1. The maximum absolute atomic E-state index is 2.38.